The molecular weight excluding hydrogens is 288 g/mol. The summed E-state index contributed by atoms with van der Waals surface area (Å²) in [4.78, 5) is 11.8. The Morgan fingerprint density at radius 3 is 2.61 bits per heavy atom. The van der Waals surface area contributed by atoms with E-state index in [1.165, 1.54) is 5.57 Å². The molecule has 23 heavy (non-hydrogen) atoms. The number of aliphatic hydroxyl groups excluding tert-OH is 1. The zero-order valence-electron chi connectivity index (χ0n) is 14.6. The number of fused-ring (bicyclic) bond motifs is 5. The summed E-state index contributed by atoms with van der Waals surface area (Å²) < 4.78 is 0. The first-order chi connectivity index (χ1) is 10.7. The highest BCUT2D eigenvalue weighted by Crippen LogP contribution is 2.67. The van der Waals surface area contributed by atoms with Gasteiger partial charge in [0.15, 0.2) is 5.78 Å². The van der Waals surface area contributed by atoms with Crippen molar-refractivity contribution in [3.63, 3.8) is 0 Å². The minimum Gasteiger partial charge on any atom is -0.393 e. The Morgan fingerprint density at radius 1 is 1.13 bits per heavy atom. The van der Waals surface area contributed by atoms with Gasteiger partial charge < -0.3 is 10.2 Å². The predicted molar refractivity (Wildman–Crippen MR) is 88.7 cm³/mol. The molecule has 0 amide bonds. The highest BCUT2D eigenvalue weighted by atomic mass is 16.3. The lowest BCUT2D eigenvalue weighted by Crippen LogP contribution is -2.59. The van der Waals surface area contributed by atoms with E-state index in [1.54, 1.807) is 0 Å². The first-order valence-corrected chi connectivity index (χ1v) is 9.33. The van der Waals surface area contributed by atoms with Gasteiger partial charge in [0.2, 0.25) is 0 Å². The van der Waals surface area contributed by atoms with Crippen molar-refractivity contribution < 1.29 is 15.0 Å². The molecule has 3 heteroatoms. The number of aliphatic hydroxyl groups is 2. The topological polar surface area (TPSA) is 57.5 Å². The number of allylic oxidation sites excluding steroid dienone is 1. The van der Waals surface area contributed by atoms with E-state index < -0.39 is 5.60 Å². The number of hydrogen-bond donors (Lipinski definition) is 2. The minimum absolute atomic E-state index is 0.0218. The zero-order chi connectivity index (χ0) is 16.6. The van der Waals surface area contributed by atoms with Crippen LogP contribution in [0.15, 0.2) is 11.6 Å². The highest BCUT2D eigenvalue weighted by Gasteiger charge is 2.64. The molecule has 0 radical (unpaired) electrons. The number of carbonyl (C=O) groups excluding carboxylic acids is 1. The smallest absolute Gasteiger partial charge is 0.155 e. The molecule has 4 aliphatic rings. The lowest BCUT2D eigenvalue weighted by atomic mass is 9.45. The summed E-state index contributed by atoms with van der Waals surface area (Å²) in [6.45, 7) is 6.44. The van der Waals surface area contributed by atoms with E-state index >= 15 is 0 Å². The molecule has 0 heterocycles. The molecule has 0 aliphatic heterocycles. The first kappa shape index (κ1) is 15.8. The van der Waals surface area contributed by atoms with Crippen LogP contribution in [-0.2, 0) is 4.79 Å². The van der Waals surface area contributed by atoms with Gasteiger partial charge in [-0.2, -0.15) is 0 Å². The summed E-state index contributed by atoms with van der Waals surface area (Å²) in [5.41, 5.74) is 0.424. The van der Waals surface area contributed by atoms with E-state index in [0.29, 0.717) is 24.7 Å². The van der Waals surface area contributed by atoms with Gasteiger partial charge in [0, 0.05) is 11.8 Å². The van der Waals surface area contributed by atoms with Crippen molar-refractivity contribution in [2.24, 2.45) is 28.6 Å². The number of carbonyl (C=O) groups is 1. The van der Waals surface area contributed by atoms with E-state index in [0.717, 1.165) is 32.1 Å². The fourth-order valence-corrected chi connectivity index (χ4v) is 6.91. The molecule has 4 aliphatic carbocycles. The fraction of sp³-hybridized carbons (Fsp3) is 0.850. The molecule has 128 valence electrons. The van der Waals surface area contributed by atoms with Crippen LogP contribution in [0.25, 0.3) is 0 Å². The first-order valence-electron chi connectivity index (χ1n) is 9.33. The van der Waals surface area contributed by atoms with Crippen LogP contribution in [0, 0.1) is 28.6 Å². The van der Waals surface area contributed by atoms with Crippen molar-refractivity contribution in [2.75, 3.05) is 0 Å². The second-order valence-corrected chi connectivity index (χ2v) is 9.39. The third-order valence-corrected chi connectivity index (χ3v) is 8.46. The lowest BCUT2D eigenvalue weighted by Gasteiger charge is -2.60. The standard InChI is InChI=1S/C20H30O3/c1-18-8-6-13(21)10-12(18)4-5-14-15-7-9-20(3,23)19(15,2)11-16(22)17(14)18/h10,14-17,22-23H,4-9,11H2,1-3H3/t14-,15+,16+,17+,18-,19+,20+/m0/s1. The third-order valence-electron chi connectivity index (χ3n) is 8.46. The Balaban J connectivity index is 1.75. The maximum Gasteiger partial charge on any atom is 0.155 e. The van der Waals surface area contributed by atoms with Gasteiger partial charge >= 0.3 is 0 Å². The van der Waals surface area contributed by atoms with Crippen LogP contribution in [0.1, 0.15) is 65.7 Å². The Morgan fingerprint density at radius 2 is 1.87 bits per heavy atom. The highest BCUT2D eigenvalue weighted by molar-refractivity contribution is 5.91. The van der Waals surface area contributed by atoms with Crippen LogP contribution in [0.4, 0.5) is 0 Å². The Bertz CT molecular complexity index is 577. The second kappa shape index (κ2) is 4.70. The summed E-state index contributed by atoms with van der Waals surface area (Å²) in [5, 5.41) is 22.0. The quantitative estimate of drug-likeness (QED) is 0.721. The molecule has 3 saturated carbocycles. The van der Waals surface area contributed by atoms with E-state index in [-0.39, 0.29) is 28.6 Å². The normalized spacial score (nSPS) is 55.7. The number of rotatable bonds is 0. The van der Waals surface area contributed by atoms with Crippen molar-refractivity contribution in [3.05, 3.63) is 11.6 Å². The molecule has 4 rings (SSSR count). The Kier molecular flexibility index (Phi) is 3.23. The number of ketones is 1. The average molecular weight is 318 g/mol. The second-order valence-electron chi connectivity index (χ2n) is 9.39. The average Bonchev–Trinajstić information content (AvgIpc) is 2.69. The summed E-state index contributed by atoms with van der Waals surface area (Å²) in [7, 11) is 0. The zero-order valence-corrected chi connectivity index (χ0v) is 14.6. The predicted octanol–water partition coefficient (Wildman–Crippen LogP) is 3.24. The molecule has 3 fully saturated rings. The van der Waals surface area contributed by atoms with E-state index in [4.69, 9.17) is 0 Å². The summed E-state index contributed by atoms with van der Waals surface area (Å²) in [5.74, 6) is 1.49. The largest absolute Gasteiger partial charge is 0.393 e. The molecular formula is C20H30O3. The molecule has 0 aromatic carbocycles. The van der Waals surface area contributed by atoms with E-state index in [9.17, 15) is 15.0 Å². The minimum atomic E-state index is -0.664. The van der Waals surface area contributed by atoms with Gasteiger partial charge in [0.1, 0.15) is 0 Å². The molecule has 3 nitrogen and oxygen atoms in total. The van der Waals surface area contributed by atoms with Gasteiger partial charge in [0.25, 0.3) is 0 Å². The molecule has 7 atom stereocenters. The SMILES string of the molecule is C[C@]12CCC(=O)C=C1CC[C@@H]1[C@@H]2[C@H](O)C[C@]2(C)[C@@H]1CC[C@@]2(C)O. The molecule has 0 spiro atoms. The summed E-state index contributed by atoms with van der Waals surface area (Å²) in [6.07, 6.45) is 7.69. The van der Waals surface area contributed by atoms with E-state index in [2.05, 4.69) is 13.8 Å². The van der Waals surface area contributed by atoms with Crippen LogP contribution >= 0.6 is 0 Å². The monoisotopic (exact) mass is 318 g/mol. The van der Waals surface area contributed by atoms with E-state index in [1.807, 2.05) is 13.0 Å². The third kappa shape index (κ3) is 1.93. The van der Waals surface area contributed by atoms with Crippen LogP contribution in [0.5, 0.6) is 0 Å². The van der Waals surface area contributed by atoms with Crippen molar-refractivity contribution in [1.29, 1.82) is 0 Å². The molecule has 0 bridgehead atoms. The van der Waals surface area contributed by atoms with Gasteiger partial charge in [-0.3, -0.25) is 4.79 Å². The van der Waals surface area contributed by atoms with Crippen molar-refractivity contribution in [3.8, 4) is 0 Å². The molecule has 0 unspecified atom stereocenters. The van der Waals surface area contributed by atoms with Crippen LogP contribution in [0.2, 0.25) is 0 Å². The van der Waals surface area contributed by atoms with Crippen molar-refractivity contribution in [2.45, 2.75) is 77.4 Å². The van der Waals surface area contributed by atoms with Crippen molar-refractivity contribution >= 4 is 5.78 Å². The van der Waals surface area contributed by atoms with Gasteiger partial charge in [0.05, 0.1) is 11.7 Å². The van der Waals surface area contributed by atoms with Crippen LogP contribution in [-0.4, -0.2) is 27.7 Å². The molecule has 0 saturated heterocycles. The van der Waals surface area contributed by atoms with Crippen LogP contribution in [0.3, 0.4) is 0 Å². The summed E-state index contributed by atoms with van der Waals surface area (Å²) >= 11 is 0. The molecule has 0 aromatic heterocycles. The molecule has 0 aromatic rings. The van der Waals surface area contributed by atoms with Gasteiger partial charge in [-0.15, -0.1) is 0 Å². The van der Waals surface area contributed by atoms with Gasteiger partial charge in [-0.05, 0) is 74.7 Å². The molecule has 2 N–H and O–H groups in total. The maximum absolute atomic E-state index is 11.8. The summed E-state index contributed by atoms with van der Waals surface area (Å²) in [6, 6.07) is 0. The van der Waals surface area contributed by atoms with Crippen LogP contribution < -0.4 is 0 Å². The number of hydrogen-bond acceptors (Lipinski definition) is 3. The van der Waals surface area contributed by atoms with Crippen molar-refractivity contribution in [1.82, 2.24) is 0 Å². The Hall–Kier alpha value is -0.670. The lowest BCUT2D eigenvalue weighted by molar-refractivity contribution is -0.166. The maximum atomic E-state index is 11.8. The Labute approximate surface area is 139 Å². The fourth-order valence-electron chi connectivity index (χ4n) is 6.91. The van der Waals surface area contributed by atoms with Gasteiger partial charge in [-0.1, -0.05) is 19.4 Å². The van der Waals surface area contributed by atoms with Gasteiger partial charge in [-0.25, -0.2) is 0 Å².